The van der Waals surface area contributed by atoms with Crippen LogP contribution in [-0.2, 0) is 17.1 Å². The summed E-state index contributed by atoms with van der Waals surface area (Å²) >= 11 is 5.88. The fourth-order valence-electron chi connectivity index (χ4n) is 1.86. The third-order valence-corrected chi connectivity index (χ3v) is 5.01. The summed E-state index contributed by atoms with van der Waals surface area (Å²) in [6.07, 6.45) is 3.75. The van der Waals surface area contributed by atoms with Crippen molar-refractivity contribution in [2.75, 3.05) is 6.61 Å². The van der Waals surface area contributed by atoms with E-state index in [1.807, 2.05) is 0 Å². The second kappa shape index (κ2) is 5.16. The number of aromatic nitrogens is 2. The quantitative estimate of drug-likeness (QED) is 0.800. The minimum atomic E-state index is -3.72. The Morgan fingerprint density at radius 3 is 2.78 bits per heavy atom. The average molecular weight is 294 g/mol. The molecule has 0 bridgehead atoms. The standard InChI is InChI=1S/C10H16ClN3O3S/c1-14-6-12-10(9(14)11)18(16,17)13-8(4-5-15)7-2-3-7/h6-8,13,15H,2-5H2,1H3. The number of sulfonamides is 1. The number of aliphatic hydroxyl groups excluding tert-OH is 1. The molecule has 6 nitrogen and oxygen atoms in total. The highest BCUT2D eigenvalue weighted by atomic mass is 35.5. The first-order valence-corrected chi connectivity index (χ1v) is 7.62. The topological polar surface area (TPSA) is 84.2 Å². The third kappa shape index (κ3) is 2.85. The van der Waals surface area contributed by atoms with Gasteiger partial charge in [0.1, 0.15) is 5.15 Å². The van der Waals surface area contributed by atoms with E-state index in [-0.39, 0.29) is 22.8 Å². The van der Waals surface area contributed by atoms with Gasteiger partial charge in [-0.05, 0) is 25.2 Å². The molecule has 1 saturated carbocycles. The maximum atomic E-state index is 12.1. The van der Waals surface area contributed by atoms with Crippen molar-refractivity contribution < 1.29 is 13.5 Å². The summed E-state index contributed by atoms with van der Waals surface area (Å²) in [5.41, 5.74) is 0. The molecule has 1 fully saturated rings. The lowest BCUT2D eigenvalue weighted by Gasteiger charge is -2.16. The number of halogens is 1. The van der Waals surface area contributed by atoms with Crippen molar-refractivity contribution in [1.82, 2.24) is 14.3 Å². The number of rotatable bonds is 6. The number of nitrogens with zero attached hydrogens (tertiary/aromatic N) is 2. The van der Waals surface area contributed by atoms with Crippen molar-refractivity contribution in [2.45, 2.75) is 30.3 Å². The summed E-state index contributed by atoms with van der Waals surface area (Å²) < 4.78 is 28.3. The van der Waals surface area contributed by atoms with E-state index < -0.39 is 10.0 Å². The molecular formula is C10H16ClN3O3S. The normalized spacial score (nSPS) is 17.9. The van der Waals surface area contributed by atoms with Gasteiger partial charge in [-0.3, -0.25) is 0 Å². The van der Waals surface area contributed by atoms with Crippen LogP contribution in [0.5, 0.6) is 0 Å². The van der Waals surface area contributed by atoms with E-state index in [2.05, 4.69) is 9.71 Å². The third-order valence-electron chi connectivity index (χ3n) is 3.03. The van der Waals surface area contributed by atoms with E-state index in [1.54, 1.807) is 7.05 Å². The van der Waals surface area contributed by atoms with Gasteiger partial charge in [0.05, 0.1) is 6.33 Å². The molecule has 1 aromatic heterocycles. The molecule has 1 aromatic rings. The molecule has 0 spiro atoms. The van der Waals surface area contributed by atoms with Gasteiger partial charge in [0.25, 0.3) is 10.0 Å². The molecule has 2 N–H and O–H groups in total. The van der Waals surface area contributed by atoms with Gasteiger partial charge in [-0.2, -0.15) is 0 Å². The summed E-state index contributed by atoms with van der Waals surface area (Å²) in [4.78, 5) is 3.80. The Hall–Kier alpha value is -0.630. The van der Waals surface area contributed by atoms with Crippen LogP contribution in [0.25, 0.3) is 0 Å². The van der Waals surface area contributed by atoms with E-state index in [9.17, 15) is 8.42 Å². The summed E-state index contributed by atoms with van der Waals surface area (Å²) in [5.74, 6) is 0.314. The highest BCUT2D eigenvalue weighted by molar-refractivity contribution is 7.89. The number of hydrogen-bond acceptors (Lipinski definition) is 4. The molecule has 1 aliphatic rings. The lowest BCUT2D eigenvalue weighted by Crippen LogP contribution is -2.37. The maximum Gasteiger partial charge on any atom is 0.261 e. The van der Waals surface area contributed by atoms with Gasteiger partial charge in [0.15, 0.2) is 0 Å². The van der Waals surface area contributed by atoms with E-state index in [0.29, 0.717) is 12.3 Å². The zero-order chi connectivity index (χ0) is 13.3. The Morgan fingerprint density at radius 2 is 2.33 bits per heavy atom. The Bertz CT molecular complexity index is 524. The predicted molar refractivity (Wildman–Crippen MR) is 66.8 cm³/mol. The van der Waals surface area contributed by atoms with Gasteiger partial charge in [0.2, 0.25) is 5.03 Å². The maximum absolute atomic E-state index is 12.1. The van der Waals surface area contributed by atoms with E-state index >= 15 is 0 Å². The summed E-state index contributed by atoms with van der Waals surface area (Å²) in [5, 5.41) is 8.89. The Labute approximate surface area is 111 Å². The van der Waals surface area contributed by atoms with Crippen molar-refractivity contribution >= 4 is 21.6 Å². The zero-order valence-corrected chi connectivity index (χ0v) is 11.6. The lowest BCUT2D eigenvalue weighted by atomic mass is 10.1. The monoisotopic (exact) mass is 293 g/mol. The van der Waals surface area contributed by atoms with Crippen LogP contribution in [-0.4, -0.2) is 35.7 Å². The van der Waals surface area contributed by atoms with Gasteiger partial charge >= 0.3 is 0 Å². The fraction of sp³-hybridized carbons (Fsp3) is 0.700. The van der Waals surface area contributed by atoms with Crippen molar-refractivity contribution in [3.63, 3.8) is 0 Å². The van der Waals surface area contributed by atoms with Crippen LogP contribution < -0.4 is 4.72 Å². The number of imidazole rings is 1. The van der Waals surface area contributed by atoms with E-state index in [1.165, 1.54) is 10.9 Å². The van der Waals surface area contributed by atoms with Crippen molar-refractivity contribution in [3.05, 3.63) is 11.5 Å². The Balaban J connectivity index is 2.18. The first-order valence-electron chi connectivity index (χ1n) is 5.75. The first kappa shape index (κ1) is 13.8. The molecule has 8 heteroatoms. The van der Waals surface area contributed by atoms with Crippen LogP contribution in [0.4, 0.5) is 0 Å². The fourth-order valence-corrected chi connectivity index (χ4v) is 3.63. The molecule has 0 radical (unpaired) electrons. The van der Waals surface area contributed by atoms with E-state index in [4.69, 9.17) is 16.7 Å². The average Bonchev–Trinajstić information content (AvgIpc) is 3.06. The highest BCUT2D eigenvalue weighted by Gasteiger charge is 2.35. The summed E-state index contributed by atoms with van der Waals surface area (Å²) in [6.45, 7) is -0.0420. The molecule has 1 atom stereocenters. The smallest absolute Gasteiger partial charge is 0.261 e. The second-order valence-electron chi connectivity index (χ2n) is 4.53. The molecule has 1 heterocycles. The molecule has 18 heavy (non-hydrogen) atoms. The van der Waals surface area contributed by atoms with Crippen LogP contribution in [0.3, 0.4) is 0 Å². The van der Waals surface area contributed by atoms with Crippen LogP contribution in [0.2, 0.25) is 5.15 Å². The predicted octanol–water partition coefficient (Wildman–Crippen LogP) is 0.513. The minimum Gasteiger partial charge on any atom is -0.396 e. The van der Waals surface area contributed by atoms with Gasteiger partial charge in [-0.15, -0.1) is 0 Å². The Kier molecular flexibility index (Phi) is 3.96. The molecule has 0 amide bonds. The van der Waals surface area contributed by atoms with Crippen molar-refractivity contribution in [3.8, 4) is 0 Å². The van der Waals surface area contributed by atoms with Crippen molar-refractivity contribution in [1.29, 1.82) is 0 Å². The van der Waals surface area contributed by atoms with E-state index in [0.717, 1.165) is 12.8 Å². The van der Waals surface area contributed by atoms with Crippen LogP contribution in [0.1, 0.15) is 19.3 Å². The SMILES string of the molecule is Cn1cnc(S(=O)(=O)NC(CCO)C2CC2)c1Cl. The Morgan fingerprint density at radius 1 is 1.67 bits per heavy atom. The molecule has 0 saturated heterocycles. The first-order chi connectivity index (χ1) is 8.45. The summed E-state index contributed by atoms with van der Waals surface area (Å²) in [7, 11) is -2.10. The molecule has 1 aliphatic carbocycles. The second-order valence-corrected chi connectivity index (χ2v) is 6.52. The molecule has 1 unspecified atom stereocenters. The molecule has 0 aromatic carbocycles. The zero-order valence-electron chi connectivity index (χ0n) is 10.0. The number of aryl methyl sites for hydroxylation is 1. The van der Waals surface area contributed by atoms with Gasteiger partial charge in [0, 0.05) is 19.7 Å². The number of aliphatic hydroxyl groups is 1. The number of hydrogen-bond donors (Lipinski definition) is 2. The molecule has 2 rings (SSSR count). The van der Waals surface area contributed by atoms with Gasteiger partial charge < -0.3 is 9.67 Å². The minimum absolute atomic E-state index is 0.0420. The molecule has 102 valence electrons. The summed E-state index contributed by atoms with van der Waals surface area (Å²) in [6, 6.07) is -0.238. The molecular weight excluding hydrogens is 278 g/mol. The largest absolute Gasteiger partial charge is 0.396 e. The van der Waals surface area contributed by atoms with Crippen LogP contribution >= 0.6 is 11.6 Å². The number of nitrogens with one attached hydrogen (secondary N) is 1. The lowest BCUT2D eigenvalue weighted by molar-refractivity contribution is 0.265. The van der Waals surface area contributed by atoms with Gasteiger partial charge in [-0.1, -0.05) is 11.6 Å². The van der Waals surface area contributed by atoms with Crippen LogP contribution in [0.15, 0.2) is 11.4 Å². The highest BCUT2D eigenvalue weighted by Crippen LogP contribution is 2.34. The van der Waals surface area contributed by atoms with Gasteiger partial charge in [-0.25, -0.2) is 18.1 Å². The van der Waals surface area contributed by atoms with Crippen LogP contribution in [0, 0.1) is 5.92 Å². The molecule has 0 aliphatic heterocycles. The van der Waals surface area contributed by atoms with Crippen molar-refractivity contribution in [2.24, 2.45) is 13.0 Å².